The average Bonchev–Trinajstić information content (AvgIpc) is 3.51. The largest absolute Gasteiger partial charge is 0.379 e. The van der Waals surface area contributed by atoms with Gasteiger partial charge in [0.25, 0.3) is 0 Å². The predicted molar refractivity (Wildman–Crippen MR) is 112 cm³/mol. The molecule has 2 aliphatic carbocycles. The second-order valence-corrected chi connectivity index (χ2v) is 9.00. The first-order valence-electron chi connectivity index (χ1n) is 11.3. The van der Waals surface area contributed by atoms with Gasteiger partial charge in [-0.2, -0.15) is 0 Å². The van der Waals surface area contributed by atoms with Gasteiger partial charge >= 0.3 is 5.69 Å². The molecule has 2 heterocycles. The Bertz CT molecular complexity index is 866. The number of ether oxygens (including phenoxy) is 1. The minimum absolute atomic E-state index is 0.0682. The summed E-state index contributed by atoms with van der Waals surface area (Å²) in [6.07, 6.45) is 10.1. The van der Waals surface area contributed by atoms with Gasteiger partial charge in [0.1, 0.15) is 0 Å². The first-order chi connectivity index (χ1) is 13.7. The zero-order valence-corrected chi connectivity index (χ0v) is 17.0. The Hall–Kier alpha value is -1.59. The summed E-state index contributed by atoms with van der Waals surface area (Å²) >= 11 is 0. The Morgan fingerprint density at radius 1 is 1.00 bits per heavy atom. The van der Waals surface area contributed by atoms with E-state index >= 15 is 0 Å². The summed E-state index contributed by atoms with van der Waals surface area (Å²) in [6, 6.07) is 7.60. The third-order valence-corrected chi connectivity index (χ3v) is 7.22. The van der Waals surface area contributed by atoms with E-state index in [0.717, 1.165) is 49.5 Å². The minimum atomic E-state index is 0.0682. The van der Waals surface area contributed by atoms with Gasteiger partial charge in [0, 0.05) is 31.8 Å². The van der Waals surface area contributed by atoms with Crippen LogP contribution in [0.25, 0.3) is 11.0 Å². The highest BCUT2D eigenvalue weighted by Crippen LogP contribution is 2.41. The lowest BCUT2D eigenvalue weighted by atomic mass is 9.90. The van der Waals surface area contributed by atoms with Crippen LogP contribution in [0.3, 0.4) is 0 Å². The van der Waals surface area contributed by atoms with Gasteiger partial charge in [-0.3, -0.25) is 4.57 Å². The Morgan fingerprint density at radius 3 is 2.43 bits per heavy atom. The van der Waals surface area contributed by atoms with Crippen molar-refractivity contribution >= 4 is 11.0 Å². The SMILES string of the molecule is CCOC1CCC(N2CCC(n3c(=O)[nH]c4ccc(C5CC5)cc43)CC2)CC1. The van der Waals surface area contributed by atoms with Crippen LogP contribution >= 0.6 is 0 Å². The summed E-state index contributed by atoms with van der Waals surface area (Å²) in [7, 11) is 0. The second-order valence-electron chi connectivity index (χ2n) is 9.00. The highest BCUT2D eigenvalue weighted by molar-refractivity contribution is 5.76. The highest BCUT2D eigenvalue weighted by Gasteiger charge is 2.31. The second kappa shape index (κ2) is 7.68. The van der Waals surface area contributed by atoms with Crippen molar-refractivity contribution in [1.82, 2.24) is 14.5 Å². The number of H-pyrrole nitrogens is 1. The molecule has 5 nitrogen and oxygen atoms in total. The Labute approximate surface area is 167 Å². The molecular weight excluding hydrogens is 350 g/mol. The van der Waals surface area contributed by atoms with Crippen molar-refractivity contribution in [2.24, 2.45) is 0 Å². The van der Waals surface area contributed by atoms with Crippen molar-refractivity contribution in [3.63, 3.8) is 0 Å². The van der Waals surface area contributed by atoms with Gasteiger partial charge in [0.2, 0.25) is 0 Å². The van der Waals surface area contributed by atoms with Gasteiger partial charge in [0.05, 0.1) is 17.1 Å². The molecule has 0 bridgehead atoms. The molecule has 5 heteroatoms. The average molecular weight is 384 g/mol. The van der Waals surface area contributed by atoms with Gasteiger partial charge in [0.15, 0.2) is 0 Å². The molecule has 152 valence electrons. The van der Waals surface area contributed by atoms with Crippen LogP contribution in [0.1, 0.15) is 75.8 Å². The fraction of sp³-hybridized carbons (Fsp3) is 0.696. The summed E-state index contributed by atoms with van der Waals surface area (Å²) in [6.45, 7) is 5.14. The molecule has 0 atom stereocenters. The van der Waals surface area contributed by atoms with Crippen LogP contribution in [0.2, 0.25) is 0 Å². The van der Waals surface area contributed by atoms with Crippen LogP contribution in [0.4, 0.5) is 0 Å². The summed E-state index contributed by atoms with van der Waals surface area (Å²) < 4.78 is 7.87. The molecule has 0 radical (unpaired) electrons. The molecule has 5 rings (SSSR count). The third kappa shape index (κ3) is 3.55. The fourth-order valence-corrected chi connectivity index (χ4v) is 5.49. The van der Waals surface area contributed by atoms with Crippen molar-refractivity contribution in [3.05, 3.63) is 34.2 Å². The first-order valence-corrected chi connectivity index (χ1v) is 11.3. The van der Waals surface area contributed by atoms with Crippen LogP contribution in [0, 0.1) is 0 Å². The fourth-order valence-electron chi connectivity index (χ4n) is 5.49. The van der Waals surface area contributed by atoms with Gasteiger partial charge in [-0.15, -0.1) is 0 Å². The lowest BCUT2D eigenvalue weighted by molar-refractivity contribution is 0.00796. The zero-order chi connectivity index (χ0) is 19.1. The predicted octanol–water partition coefficient (Wildman–Crippen LogP) is 4.19. The number of nitrogens with one attached hydrogen (secondary N) is 1. The molecule has 1 saturated heterocycles. The van der Waals surface area contributed by atoms with Gasteiger partial charge < -0.3 is 14.6 Å². The smallest absolute Gasteiger partial charge is 0.326 e. The number of likely N-dealkylation sites (tertiary alicyclic amines) is 1. The molecule has 1 aromatic carbocycles. The van der Waals surface area contributed by atoms with Crippen molar-refractivity contribution in [1.29, 1.82) is 0 Å². The Morgan fingerprint density at radius 2 is 1.75 bits per heavy atom. The molecule has 0 spiro atoms. The summed E-state index contributed by atoms with van der Waals surface area (Å²) in [4.78, 5) is 18.5. The molecule has 3 fully saturated rings. The molecule has 1 aromatic heterocycles. The molecule has 2 saturated carbocycles. The number of aromatic nitrogens is 2. The number of nitrogens with zero attached hydrogens (tertiary/aromatic N) is 2. The Kier molecular flexibility index (Phi) is 5.06. The van der Waals surface area contributed by atoms with E-state index in [0.29, 0.717) is 18.2 Å². The van der Waals surface area contributed by atoms with Gasteiger partial charge in [-0.25, -0.2) is 4.79 Å². The zero-order valence-electron chi connectivity index (χ0n) is 17.0. The van der Waals surface area contributed by atoms with Crippen LogP contribution in [-0.2, 0) is 4.74 Å². The quantitative estimate of drug-likeness (QED) is 0.842. The van der Waals surface area contributed by atoms with Crippen LogP contribution in [-0.4, -0.2) is 46.3 Å². The van der Waals surface area contributed by atoms with E-state index in [1.54, 1.807) is 0 Å². The maximum Gasteiger partial charge on any atom is 0.326 e. The number of imidazole rings is 1. The molecule has 28 heavy (non-hydrogen) atoms. The van der Waals surface area contributed by atoms with Gasteiger partial charge in [-0.1, -0.05) is 6.07 Å². The van der Waals surface area contributed by atoms with E-state index in [1.165, 1.54) is 44.1 Å². The molecule has 3 aliphatic rings. The highest BCUT2D eigenvalue weighted by atomic mass is 16.5. The molecule has 1 N–H and O–H groups in total. The van der Waals surface area contributed by atoms with E-state index in [-0.39, 0.29) is 5.69 Å². The number of piperidine rings is 1. The van der Waals surface area contributed by atoms with Crippen molar-refractivity contribution in [2.75, 3.05) is 19.7 Å². The van der Waals surface area contributed by atoms with E-state index in [1.807, 2.05) is 0 Å². The van der Waals surface area contributed by atoms with Crippen molar-refractivity contribution < 1.29 is 4.74 Å². The topological polar surface area (TPSA) is 50.3 Å². The number of hydrogen-bond acceptors (Lipinski definition) is 3. The Balaban J connectivity index is 1.26. The third-order valence-electron chi connectivity index (χ3n) is 7.22. The molecule has 1 aliphatic heterocycles. The van der Waals surface area contributed by atoms with Crippen LogP contribution in [0.5, 0.6) is 0 Å². The normalized spacial score (nSPS) is 27.5. The lowest BCUT2D eigenvalue weighted by Crippen LogP contribution is -2.45. The molecule has 2 aromatic rings. The molecule has 0 amide bonds. The number of aromatic amines is 1. The number of hydrogen-bond donors (Lipinski definition) is 1. The summed E-state index contributed by atoms with van der Waals surface area (Å²) in [5.74, 6) is 0.719. The minimum Gasteiger partial charge on any atom is -0.379 e. The maximum absolute atomic E-state index is 12.7. The lowest BCUT2D eigenvalue weighted by Gasteiger charge is -2.41. The monoisotopic (exact) mass is 383 g/mol. The van der Waals surface area contributed by atoms with Gasteiger partial charge in [-0.05, 0) is 81.9 Å². The van der Waals surface area contributed by atoms with E-state index in [2.05, 4.69) is 39.6 Å². The molecular formula is C23H33N3O2. The van der Waals surface area contributed by atoms with Crippen LogP contribution < -0.4 is 5.69 Å². The van der Waals surface area contributed by atoms with E-state index < -0.39 is 0 Å². The molecule has 0 unspecified atom stereocenters. The van der Waals surface area contributed by atoms with Crippen molar-refractivity contribution in [2.45, 2.75) is 82.4 Å². The first kappa shape index (κ1) is 18.4. The number of benzene rings is 1. The van der Waals surface area contributed by atoms with E-state index in [4.69, 9.17) is 4.74 Å². The number of rotatable bonds is 5. The summed E-state index contributed by atoms with van der Waals surface area (Å²) in [5.41, 5.74) is 3.58. The number of fused-ring (bicyclic) bond motifs is 1. The maximum atomic E-state index is 12.7. The van der Waals surface area contributed by atoms with E-state index in [9.17, 15) is 4.79 Å². The summed E-state index contributed by atoms with van der Waals surface area (Å²) in [5, 5.41) is 0. The van der Waals surface area contributed by atoms with Crippen LogP contribution in [0.15, 0.2) is 23.0 Å². The standard InChI is InChI=1S/C23H33N3O2/c1-2-28-20-8-6-18(7-9-20)25-13-11-19(12-14-25)26-22-15-17(16-3-4-16)5-10-21(22)24-23(26)27/h5,10,15-16,18-20H,2-4,6-9,11-14H2,1H3,(H,24,27). The van der Waals surface area contributed by atoms with Crippen molar-refractivity contribution in [3.8, 4) is 0 Å².